The first-order valence-electron chi connectivity index (χ1n) is 4.43. The first-order chi connectivity index (χ1) is 6.09. The third kappa shape index (κ3) is 1.47. The minimum Gasteiger partial charge on any atom is -0.376 e. The molecule has 1 aliphatic rings. The van der Waals surface area contributed by atoms with Gasteiger partial charge in [0.25, 0.3) is 0 Å². The van der Waals surface area contributed by atoms with E-state index in [1.54, 1.807) is 0 Å². The van der Waals surface area contributed by atoms with Crippen LogP contribution in [0.25, 0.3) is 0 Å². The third-order valence-corrected chi connectivity index (χ3v) is 2.18. The van der Waals surface area contributed by atoms with Crippen molar-refractivity contribution in [3.05, 3.63) is 17.0 Å². The molecule has 72 valence electrons. The summed E-state index contributed by atoms with van der Waals surface area (Å²) in [5, 5.41) is 3.99. The summed E-state index contributed by atoms with van der Waals surface area (Å²) in [5.41, 5.74) is 7.51. The molecule has 0 spiro atoms. The Kier molecular flexibility index (Phi) is 1.89. The number of aromatic nitrogens is 1. The summed E-state index contributed by atoms with van der Waals surface area (Å²) >= 11 is 0. The summed E-state index contributed by atoms with van der Waals surface area (Å²) in [4.78, 5) is 0. The highest BCUT2D eigenvalue weighted by Gasteiger charge is 2.28. The van der Waals surface area contributed by atoms with Crippen LogP contribution in [-0.2, 0) is 23.3 Å². The molecule has 4 heteroatoms. The maximum absolute atomic E-state index is 5.94. The molecule has 2 heterocycles. The van der Waals surface area contributed by atoms with Crippen LogP contribution in [0.5, 0.6) is 0 Å². The average Bonchev–Trinajstić information content (AvgIpc) is 2.45. The minimum atomic E-state index is -0.471. The van der Waals surface area contributed by atoms with Crippen molar-refractivity contribution in [2.45, 2.75) is 32.4 Å². The quantitative estimate of drug-likeness (QED) is 0.702. The monoisotopic (exact) mass is 182 g/mol. The van der Waals surface area contributed by atoms with Crippen molar-refractivity contribution >= 4 is 0 Å². The third-order valence-electron chi connectivity index (χ3n) is 2.18. The first-order valence-corrected chi connectivity index (χ1v) is 4.43. The van der Waals surface area contributed by atoms with E-state index in [0.29, 0.717) is 6.61 Å². The molecule has 0 fully saturated rings. The SMILES string of the molecule is CC(C)(N)c1onc2c1COCC2. The summed E-state index contributed by atoms with van der Waals surface area (Å²) in [5.74, 6) is 0.752. The Labute approximate surface area is 77.0 Å². The van der Waals surface area contributed by atoms with Crippen LogP contribution in [0.4, 0.5) is 0 Å². The number of fused-ring (bicyclic) bond motifs is 1. The second-order valence-corrected chi connectivity index (χ2v) is 3.96. The van der Waals surface area contributed by atoms with Gasteiger partial charge in [-0.05, 0) is 13.8 Å². The van der Waals surface area contributed by atoms with Crippen LogP contribution in [-0.4, -0.2) is 11.8 Å². The van der Waals surface area contributed by atoms with Crippen molar-refractivity contribution in [1.82, 2.24) is 5.16 Å². The van der Waals surface area contributed by atoms with Crippen LogP contribution in [0.2, 0.25) is 0 Å². The van der Waals surface area contributed by atoms with Gasteiger partial charge in [-0.3, -0.25) is 0 Å². The highest BCUT2D eigenvalue weighted by atomic mass is 16.5. The van der Waals surface area contributed by atoms with E-state index in [2.05, 4.69) is 5.16 Å². The van der Waals surface area contributed by atoms with Gasteiger partial charge in [0.1, 0.15) is 0 Å². The molecule has 0 radical (unpaired) electrons. The lowest BCUT2D eigenvalue weighted by atomic mass is 9.97. The van der Waals surface area contributed by atoms with Crippen molar-refractivity contribution in [2.75, 3.05) is 6.61 Å². The normalized spacial score (nSPS) is 17.2. The molecular weight excluding hydrogens is 168 g/mol. The molecular formula is C9H14N2O2. The zero-order valence-corrected chi connectivity index (χ0v) is 7.96. The fraction of sp³-hybridized carbons (Fsp3) is 0.667. The molecule has 0 saturated heterocycles. The number of hydrogen-bond acceptors (Lipinski definition) is 4. The zero-order chi connectivity index (χ0) is 9.47. The Morgan fingerprint density at radius 3 is 2.92 bits per heavy atom. The highest BCUT2D eigenvalue weighted by molar-refractivity contribution is 5.28. The zero-order valence-electron chi connectivity index (χ0n) is 7.96. The van der Waals surface area contributed by atoms with Crippen molar-refractivity contribution in [3.63, 3.8) is 0 Å². The van der Waals surface area contributed by atoms with E-state index in [1.165, 1.54) is 0 Å². The first kappa shape index (κ1) is 8.72. The lowest BCUT2D eigenvalue weighted by molar-refractivity contribution is 0.109. The highest BCUT2D eigenvalue weighted by Crippen LogP contribution is 2.27. The maximum Gasteiger partial charge on any atom is 0.161 e. The van der Waals surface area contributed by atoms with E-state index >= 15 is 0 Å². The van der Waals surface area contributed by atoms with Crippen LogP contribution in [0.1, 0.15) is 30.9 Å². The number of nitrogens with zero attached hydrogens (tertiary/aromatic N) is 1. The van der Waals surface area contributed by atoms with Crippen LogP contribution >= 0.6 is 0 Å². The molecule has 0 bridgehead atoms. The summed E-state index contributed by atoms with van der Waals surface area (Å²) < 4.78 is 10.6. The van der Waals surface area contributed by atoms with Gasteiger partial charge in [-0.25, -0.2) is 0 Å². The summed E-state index contributed by atoms with van der Waals surface area (Å²) in [6, 6.07) is 0. The van der Waals surface area contributed by atoms with Crippen LogP contribution in [0.3, 0.4) is 0 Å². The van der Waals surface area contributed by atoms with Crippen molar-refractivity contribution in [2.24, 2.45) is 5.73 Å². The molecule has 0 atom stereocenters. The standard InChI is InChI=1S/C9H14N2O2/c1-9(2,10)8-6-5-12-4-3-7(6)11-13-8/h3-5,10H2,1-2H3. The Hall–Kier alpha value is -0.870. The van der Waals surface area contributed by atoms with Crippen molar-refractivity contribution < 1.29 is 9.26 Å². The molecule has 13 heavy (non-hydrogen) atoms. The van der Waals surface area contributed by atoms with E-state index in [1.807, 2.05) is 13.8 Å². The Morgan fingerprint density at radius 1 is 1.46 bits per heavy atom. The van der Waals surface area contributed by atoms with E-state index in [9.17, 15) is 0 Å². The minimum absolute atomic E-state index is 0.471. The van der Waals surface area contributed by atoms with Gasteiger partial charge >= 0.3 is 0 Å². The molecule has 4 nitrogen and oxygen atoms in total. The van der Waals surface area contributed by atoms with E-state index in [0.717, 1.165) is 30.0 Å². The molecule has 2 N–H and O–H groups in total. The number of rotatable bonds is 1. The summed E-state index contributed by atoms with van der Waals surface area (Å²) in [6.45, 7) is 5.11. The lowest BCUT2D eigenvalue weighted by Gasteiger charge is -2.18. The van der Waals surface area contributed by atoms with Gasteiger partial charge in [0, 0.05) is 12.0 Å². The lowest BCUT2D eigenvalue weighted by Crippen LogP contribution is -2.30. The van der Waals surface area contributed by atoms with Crippen molar-refractivity contribution in [3.8, 4) is 0 Å². The molecule has 1 aliphatic heterocycles. The number of nitrogens with two attached hydrogens (primary N) is 1. The Balaban J connectivity index is 2.43. The van der Waals surface area contributed by atoms with E-state index in [4.69, 9.17) is 15.0 Å². The van der Waals surface area contributed by atoms with Gasteiger partial charge < -0.3 is 15.0 Å². The van der Waals surface area contributed by atoms with Gasteiger partial charge in [0.05, 0.1) is 24.4 Å². The van der Waals surface area contributed by atoms with Gasteiger partial charge in [-0.15, -0.1) is 0 Å². The second kappa shape index (κ2) is 2.82. The molecule has 0 unspecified atom stereocenters. The predicted molar refractivity (Wildman–Crippen MR) is 47.1 cm³/mol. The molecule has 0 saturated carbocycles. The van der Waals surface area contributed by atoms with Crippen LogP contribution < -0.4 is 5.73 Å². The second-order valence-electron chi connectivity index (χ2n) is 3.96. The topological polar surface area (TPSA) is 61.3 Å². The van der Waals surface area contributed by atoms with Crippen LogP contribution in [0, 0.1) is 0 Å². The molecule has 1 aromatic heterocycles. The fourth-order valence-corrected chi connectivity index (χ4v) is 1.54. The number of ether oxygens (including phenoxy) is 1. The molecule has 0 amide bonds. The van der Waals surface area contributed by atoms with Gasteiger partial charge in [0.15, 0.2) is 5.76 Å². The average molecular weight is 182 g/mol. The molecule has 1 aromatic rings. The number of hydrogen-bond donors (Lipinski definition) is 1. The summed E-state index contributed by atoms with van der Waals surface area (Å²) in [7, 11) is 0. The molecule has 0 aliphatic carbocycles. The van der Waals surface area contributed by atoms with Crippen molar-refractivity contribution in [1.29, 1.82) is 0 Å². The van der Waals surface area contributed by atoms with E-state index < -0.39 is 5.54 Å². The summed E-state index contributed by atoms with van der Waals surface area (Å²) in [6.07, 6.45) is 0.828. The van der Waals surface area contributed by atoms with Gasteiger partial charge in [-0.2, -0.15) is 0 Å². The van der Waals surface area contributed by atoms with Gasteiger partial charge in [0.2, 0.25) is 0 Å². The van der Waals surface area contributed by atoms with E-state index in [-0.39, 0.29) is 0 Å². The predicted octanol–water partition coefficient (Wildman–Crippen LogP) is 0.941. The Bertz CT molecular complexity index is 312. The maximum atomic E-state index is 5.94. The fourth-order valence-electron chi connectivity index (χ4n) is 1.54. The van der Waals surface area contributed by atoms with Gasteiger partial charge in [-0.1, -0.05) is 5.16 Å². The molecule has 2 rings (SSSR count). The smallest absolute Gasteiger partial charge is 0.161 e. The Morgan fingerprint density at radius 2 is 2.23 bits per heavy atom. The largest absolute Gasteiger partial charge is 0.376 e. The van der Waals surface area contributed by atoms with Crippen LogP contribution in [0.15, 0.2) is 4.52 Å². The molecule has 0 aromatic carbocycles.